The van der Waals surface area contributed by atoms with Crippen LogP contribution < -0.4 is 0 Å². The van der Waals surface area contributed by atoms with Crippen molar-refractivity contribution < 1.29 is 13.3 Å². The molecule has 1 radical (unpaired) electrons. The van der Waals surface area contributed by atoms with Crippen LogP contribution in [-0.2, 0) is 14.6 Å². The van der Waals surface area contributed by atoms with Crippen LogP contribution in [0.3, 0.4) is 0 Å². The first-order valence-corrected chi connectivity index (χ1v) is 8.88. The Balaban J connectivity index is 0.000000593. The molecule has 0 saturated heterocycles. The van der Waals surface area contributed by atoms with Crippen LogP contribution in [-0.4, -0.2) is 29.5 Å². The monoisotopic (exact) mass is 333 g/mol. The van der Waals surface area contributed by atoms with Crippen LogP contribution in [0.25, 0.3) is 0 Å². The average Bonchev–Trinajstić information content (AvgIpc) is 2.54. The second-order valence-corrected chi connectivity index (χ2v) is 7.33. The van der Waals surface area contributed by atoms with E-state index in [0.29, 0.717) is 5.92 Å². The lowest BCUT2D eigenvalue weighted by atomic mass is 9.86. The van der Waals surface area contributed by atoms with Crippen molar-refractivity contribution in [3.8, 4) is 0 Å². The molecule has 0 saturated carbocycles. The highest BCUT2D eigenvalue weighted by Gasteiger charge is 2.18. The van der Waals surface area contributed by atoms with E-state index in [0.717, 1.165) is 23.7 Å². The van der Waals surface area contributed by atoms with Crippen molar-refractivity contribution in [2.45, 2.75) is 47.0 Å². The first kappa shape index (κ1) is 19.7. The molecule has 2 rings (SSSR count). The van der Waals surface area contributed by atoms with Gasteiger partial charge in [-0.15, -0.1) is 0 Å². The van der Waals surface area contributed by atoms with Gasteiger partial charge in [0.05, 0.1) is 17.4 Å². The van der Waals surface area contributed by atoms with E-state index in [2.05, 4.69) is 63.6 Å². The highest BCUT2D eigenvalue weighted by atomic mass is 28.2. The lowest BCUT2D eigenvalue weighted by molar-refractivity contribution is -0.108. The highest BCUT2D eigenvalue weighted by molar-refractivity contribution is 6.22. The molecule has 1 heterocycles. The summed E-state index contributed by atoms with van der Waals surface area (Å²) in [7, 11) is 1.74. The second kappa shape index (κ2) is 9.04. The molecule has 0 aliphatic carbocycles. The van der Waals surface area contributed by atoms with Gasteiger partial charge in [0.15, 0.2) is 0 Å². The molecule has 1 aliphatic rings. The fourth-order valence-electron chi connectivity index (χ4n) is 1.86. The van der Waals surface area contributed by atoms with Crippen LogP contribution in [0.1, 0.15) is 56.8 Å². The van der Waals surface area contributed by atoms with Crippen molar-refractivity contribution in [3.05, 3.63) is 47.2 Å². The van der Waals surface area contributed by atoms with Crippen LogP contribution >= 0.6 is 0 Å². The van der Waals surface area contributed by atoms with Gasteiger partial charge >= 0.3 is 10.0 Å². The summed E-state index contributed by atoms with van der Waals surface area (Å²) in [4.78, 5) is 0. The summed E-state index contributed by atoms with van der Waals surface area (Å²) >= 11 is 0. The van der Waals surface area contributed by atoms with Crippen LogP contribution in [0.15, 0.2) is 36.1 Å². The molecule has 4 heteroatoms. The van der Waals surface area contributed by atoms with Gasteiger partial charge in [0.2, 0.25) is 0 Å². The Kier molecular flexibility index (Phi) is 7.72. The van der Waals surface area contributed by atoms with E-state index < -0.39 is 0 Å². The van der Waals surface area contributed by atoms with Crippen LogP contribution in [0, 0.1) is 5.92 Å². The minimum Gasteiger partial charge on any atom is -0.633 e. The highest BCUT2D eigenvalue weighted by Crippen LogP contribution is 2.23. The van der Waals surface area contributed by atoms with Gasteiger partial charge in [-0.1, -0.05) is 46.8 Å². The molecule has 0 unspecified atom stereocenters. The third-order valence-electron chi connectivity index (χ3n) is 3.48. The van der Waals surface area contributed by atoms with E-state index in [1.54, 1.807) is 7.11 Å². The molecule has 0 atom stereocenters. The number of hydrogen-bond acceptors (Lipinski definition) is 2. The Morgan fingerprint density at radius 1 is 1.17 bits per heavy atom. The molecule has 1 aliphatic heterocycles. The molecular formula is C19H29O3Si. The van der Waals surface area contributed by atoms with Gasteiger partial charge in [-0.3, -0.25) is 0 Å². The molecule has 0 aromatic heterocycles. The Hall–Kier alpha value is -1.39. The zero-order valence-electron chi connectivity index (χ0n) is 15.4. The molecule has 23 heavy (non-hydrogen) atoms. The summed E-state index contributed by atoms with van der Waals surface area (Å²) in [6, 6.07) is 8.60. The maximum Gasteiger partial charge on any atom is 0.424 e. The number of ether oxygens (including phenoxy) is 1. The molecule has 0 fully saturated rings. The smallest absolute Gasteiger partial charge is 0.424 e. The molecule has 127 valence electrons. The molecule has 3 nitrogen and oxygen atoms in total. The van der Waals surface area contributed by atoms with Gasteiger partial charge in [-0.25, -0.2) is 0 Å². The van der Waals surface area contributed by atoms with Crippen molar-refractivity contribution >= 4 is 15.8 Å². The summed E-state index contributed by atoms with van der Waals surface area (Å²) in [5.74, 6) is 2.30. The summed E-state index contributed by atoms with van der Waals surface area (Å²) in [5.41, 5.74) is 2.63. The largest absolute Gasteiger partial charge is 0.633 e. The standard InChI is InChI=1S/C16H21O2Si.C3H8O/c1-11(2)14-10-15(18-19-17-14)12-6-8-13(9-7-12)16(3,4)5;1-3-4-2/h6-11H,1-5H3;3H2,1-2H3. The van der Waals surface area contributed by atoms with E-state index in [4.69, 9.17) is 8.54 Å². The Morgan fingerprint density at radius 3 is 2.17 bits per heavy atom. The molecule has 0 amide bonds. The van der Waals surface area contributed by atoms with Crippen molar-refractivity contribution in [2.75, 3.05) is 13.7 Å². The van der Waals surface area contributed by atoms with Gasteiger partial charge in [0, 0.05) is 19.6 Å². The summed E-state index contributed by atoms with van der Waals surface area (Å²) in [6.07, 6.45) is 2.01. The lowest BCUT2D eigenvalue weighted by Gasteiger charge is -2.20. The van der Waals surface area contributed by atoms with Gasteiger partial charge in [0.25, 0.3) is 5.78 Å². The molecule has 0 bridgehead atoms. The number of methoxy groups -OCH3 is 1. The predicted octanol–water partition coefficient (Wildman–Crippen LogP) is 4.46. The van der Waals surface area contributed by atoms with E-state index in [1.165, 1.54) is 5.56 Å². The van der Waals surface area contributed by atoms with Crippen molar-refractivity contribution in [1.82, 2.24) is 0 Å². The zero-order chi connectivity index (χ0) is 17.5. The maximum absolute atomic E-state index is 5.62. The van der Waals surface area contributed by atoms with Crippen LogP contribution in [0.2, 0.25) is 0 Å². The Labute approximate surface area is 143 Å². The number of carbonyl (C=O) groups excluding carboxylic acids is 1. The van der Waals surface area contributed by atoms with Crippen molar-refractivity contribution in [3.63, 3.8) is 0 Å². The minimum absolute atomic E-state index is 0.0617. The fourth-order valence-corrected chi connectivity index (χ4v) is 2.56. The number of rotatable bonds is 3. The lowest BCUT2D eigenvalue weighted by Crippen LogP contribution is -2.15. The average molecular weight is 334 g/mol. The van der Waals surface area contributed by atoms with Crippen LogP contribution in [0.4, 0.5) is 0 Å². The van der Waals surface area contributed by atoms with Gasteiger partial charge < -0.3 is 13.3 Å². The fraction of sp³-hybridized carbons (Fsp3) is 0.526. The number of allylic oxidation sites excluding steroid dienone is 2. The first-order chi connectivity index (χ1) is 10.8. The Morgan fingerprint density at radius 2 is 1.74 bits per heavy atom. The molecular weight excluding hydrogens is 304 g/mol. The van der Waals surface area contributed by atoms with Crippen molar-refractivity contribution in [1.29, 1.82) is 0 Å². The predicted molar refractivity (Wildman–Crippen MR) is 96.8 cm³/mol. The topological polar surface area (TPSA) is 29.8 Å². The summed E-state index contributed by atoms with van der Waals surface area (Å²) < 4.78 is 15.7. The van der Waals surface area contributed by atoms with E-state index in [9.17, 15) is 0 Å². The molecule has 0 spiro atoms. The van der Waals surface area contributed by atoms with Gasteiger partial charge in [-0.2, -0.15) is 0 Å². The Bertz CT molecular complexity index is 535. The number of hydrogen-bond donors (Lipinski definition) is 0. The zero-order valence-corrected chi connectivity index (χ0v) is 16.4. The molecule has 1 aromatic carbocycles. The summed E-state index contributed by atoms with van der Waals surface area (Å²) in [6.45, 7) is 13.7. The van der Waals surface area contributed by atoms with Crippen molar-refractivity contribution in [2.24, 2.45) is 5.92 Å². The molecule has 1 aromatic rings. The van der Waals surface area contributed by atoms with Gasteiger partial charge in [-0.05, 0) is 30.0 Å². The second-order valence-electron chi connectivity index (χ2n) is 6.76. The SMILES string of the molecule is CC(C)C1=CC(c2ccc(C(C)(C)C)cc2)=[O+][Si-]O1.CCOC. The quantitative estimate of drug-likeness (QED) is 0.604. The third kappa shape index (κ3) is 6.32. The third-order valence-corrected chi connectivity index (χ3v) is 4.10. The molecule has 0 N–H and O–H groups in total. The normalized spacial score (nSPS) is 14.1. The summed E-state index contributed by atoms with van der Waals surface area (Å²) in [5, 5.41) is 0. The van der Waals surface area contributed by atoms with E-state index in [1.807, 2.05) is 13.0 Å². The van der Waals surface area contributed by atoms with E-state index in [-0.39, 0.29) is 15.4 Å². The maximum atomic E-state index is 5.62. The van der Waals surface area contributed by atoms with Crippen LogP contribution in [0.5, 0.6) is 0 Å². The number of ketones is 1. The minimum atomic E-state index is 0.0617. The first-order valence-electron chi connectivity index (χ1n) is 8.06. The van der Waals surface area contributed by atoms with E-state index >= 15 is 0 Å². The number of benzene rings is 1. The van der Waals surface area contributed by atoms with Gasteiger partial charge in [0.1, 0.15) is 0 Å².